The number of methoxy groups -OCH3 is 1. The van der Waals surface area contributed by atoms with Crippen LogP contribution in [0.25, 0.3) is 0 Å². The largest absolute Gasteiger partial charge is 0.495 e. The van der Waals surface area contributed by atoms with Gasteiger partial charge in [-0.1, -0.05) is 13.0 Å². The summed E-state index contributed by atoms with van der Waals surface area (Å²) >= 11 is 0. The lowest BCUT2D eigenvalue weighted by Crippen LogP contribution is -2.32. The van der Waals surface area contributed by atoms with E-state index in [1.807, 2.05) is 13.8 Å². The molecule has 9 heteroatoms. The number of halogens is 1. The number of rotatable bonds is 12. The quantitative estimate of drug-likeness (QED) is 0.493. The first-order valence-corrected chi connectivity index (χ1v) is 11.3. The molecule has 0 spiro atoms. The van der Waals surface area contributed by atoms with Gasteiger partial charge in [-0.05, 0) is 49.6 Å². The van der Waals surface area contributed by atoms with Crippen LogP contribution >= 0.6 is 0 Å². The second kappa shape index (κ2) is 11.1. The van der Waals surface area contributed by atoms with Crippen molar-refractivity contribution in [3.8, 4) is 17.2 Å². The molecule has 0 saturated heterocycles. The summed E-state index contributed by atoms with van der Waals surface area (Å²) in [6.07, 6.45) is 1.42. The van der Waals surface area contributed by atoms with Gasteiger partial charge in [0.1, 0.15) is 23.1 Å². The van der Waals surface area contributed by atoms with E-state index in [2.05, 4.69) is 5.32 Å². The topological polar surface area (TPSA) is 99.9 Å². The summed E-state index contributed by atoms with van der Waals surface area (Å²) in [7, 11) is -2.48. The van der Waals surface area contributed by atoms with Gasteiger partial charge in [-0.15, -0.1) is 0 Å². The van der Waals surface area contributed by atoms with Gasteiger partial charge in [-0.2, -0.15) is 0 Å². The first kappa shape index (κ1) is 23.9. The first-order chi connectivity index (χ1) is 14.2. The molecule has 0 heterocycles. The van der Waals surface area contributed by atoms with Crippen molar-refractivity contribution in [3.63, 3.8) is 0 Å². The Labute approximate surface area is 177 Å². The summed E-state index contributed by atoms with van der Waals surface area (Å²) in [6, 6.07) is 9.15. The third-order valence-corrected chi connectivity index (χ3v) is 5.23. The lowest BCUT2D eigenvalue weighted by molar-refractivity contribution is 0.263. The number of benzene rings is 2. The maximum Gasteiger partial charge on any atom is 0.241 e. The van der Waals surface area contributed by atoms with E-state index in [1.54, 1.807) is 18.2 Å². The van der Waals surface area contributed by atoms with Gasteiger partial charge >= 0.3 is 0 Å². The molecule has 0 saturated carbocycles. The average molecular weight is 441 g/mol. The zero-order valence-electron chi connectivity index (χ0n) is 17.5. The predicted molar refractivity (Wildman–Crippen MR) is 113 cm³/mol. The Morgan fingerprint density at radius 2 is 1.77 bits per heavy atom. The Balaban J connectivity index is 1.89. The SMILES string of the molecule is CCCOc1ccc(F)cc1OCCNC(C)Cc1ccc(OC)c(S(N)(=O)=O)c1. The molecule has 0 fully saturated rings. The standard InChI is InChI=1S/C21H29FN2O5S/c1-4-10-28-18-8-6-17(22)14-20(18)29-11-9-24-15(2)12-16-5-7-19(27-3)21(13-16)30(23,25)26/h5-8,13-15,24H,4,9-12H2,1-3H3,(H2,23,25,26). The Morgan fingerprint density at radius 3 is 2.43 bits per heavy atom. The Kier molecular flexibility index (Phi) is 8.88. The Hall–Kier alpha value is -2.36. The third-order valence-electron chi connectivity index (χ3n) is 4.30. The van der Waals surface area contributed by atoms with Crippen LogP contribution in [0.4, 0.5) is 4.39 Å². The lowest BCUT2D eigenvalue weighted by atomic mass is 10.1. The highest BCUT2D eigenvalue weighted by atomic mass is 32.2. The Morgan fingerprint density at radius 1 is 1.07 bits per heavy atom. The van der Waals surface area contributed by atoms with Crippen LogP contribution in [-0.2, 0) is 16.4 Å². The fourth-order valence-corrected chi connectivity index (χ4v) is 3.64. The molecule has 1 unspecified atom stereocenters. The summed E-state index contributed by atoms with van der Waals surface area (Å²) in [5.41, 5.74) is 0.807. The molecule has 2 aromatic rings. The van der Waals surface area contributed by atoms with Crippen LogP contribution in [0.1, 0.15) is 25.8 Å². The third kappa shape index (κ3) is 7.16. The minimum atomic E-state index is -3.88. The molecule has 2 rings (SSSR count). The van der Waals surface area contributed by atoms with Crippen molar-refractivity contribution in [1.29, 1.82) is 0 Å². The zero-order valence-corrected chi connectivity index (χ0v) is 18.3. The second-order valence-electron chi connectivity index (χ2n) is 6.88. The van der Waals surface area contributed by atoms with E-state index < -0.39 is 10.0 Å². The number of ether oxygens (including phenoxy) is 3. The van der Waals surface area contributed by atoms with Crippen molar-refractivity contribution >= 4 is 10.0 Å². The van der Waals surface area contributed by atoms with Crippen LogP contribution in [0.2, 0.25) is 0 Å². The van der Waals surface area contributed by atoms with Crippen LogP contribution in [0, 0.1) is 5.82 Å². The molecular weight excluding hydrogens is 411 g/mol. The minimum absolute atomic E-state index is 0.0382. The summed E-state index contributed by atoms with van der Waals surface area (Å²) < 4.78 is 53.3. The summed E-state index contributed by atoms with van der Waals surface area (Å²) in [4.78, 5) is -0.0382. The number of nitrogens with two attached hydrogens (primary N) is 1. The summed E-state index contributed by atoms with van der Waals surface area (Å²) in [6.45, 7) is 5.33. The van der Waals surface area contributed by atoms with Crippen molar-refractivity contribution in [1.82, 2.24) is 5.32 Å². The molecule has 0 aliphatic rings. The van der Waals surface area contributed by atoms with Gasteiger partial charge in [0.15, 0.2) is 11.5 Å². The molecule has 7 nitrogen and oxygen atoms in total. The predicted octanol–water partition coefficient (Wildman–Crippen LogP) is 2.87. The smallest absolute Gasteiger partial charge is 0.241 e. The molecule has 3 N–H and O–H groups in total. The lowest BCUT2D eigenvalue weighted by Gasteiger charge is -2.16. The number of primary sulfonamides is 1. The second-order valence-corrected chi connectivity index (χ2v) is 8.41. The number of sulfonamides is 1. The van der Waals surface area contributed by atoms with E-state index in [1.165, 1.54) is 25.3 Å². The van der Waals surface area contributed by atoms with Gasteiger partial charge < -0.3 is 19.5 Å². The van der Waals surface area contributed by atoms with E-state index in [-0.39, 0.29) is 22.5 Å². The zero-order chi connectivity index (χ0) is 22.1. The molecule has 0 aromatic heterocycles. The highest BCUT2D eigenvalue weighted by Gasteiger charge is 2.16. The first-order valence-electron chi connectivity index (χ1n) is 9.72. The van der Waals surface area contributed by atoms with Crippen molar-refractivity contribution in [2.45, 2.75) is 37.6 Å². The van der Waals surface area contributed by atoms with E-state index in [9.17, 15) is 12.8 Å². The average Bonchev–Trinajstić information content (AvgIpc) is 2.70. The van der Waals surface area contributed by atoms with Crippen LogP contribution < -0.4 is 24.7 Å². The molecule has 0 bridgehead atoms. The summed E-state index contributed by atoms with van der Waals surface area (Å²) in [5.74, 6) is 0.706. The molecule has 0 aliphatic carbocycles. The van der Waals surface area contributed by atoms with Gasteiger partial charge in [0.2, 0.25) is 10.0 Å². The van der Waals surface area contributed by atoms with Crippen LogP contribution in [0.15, 0.2) is 41.3 Å². The maximum absolute atomic E-state index is 13.5. The van der Waals surface area contributed by atoms with Crippen molar-refractivity contribution < 1.29 is 27.0 Å². The molecule has 166 valence electrons. The summed E-state index contributed by atoms with van der Waals surface area (Å²) in [5, 5.41) is 8.56. The molecule has 1 atom stereocenters. The van der Waals surface area contributed by atoms with Gasteiger partial charge in [0.05, 0.1) is 13.7 Å². The number of nitrogens with one attached hydrogen (secondary N) is 1. The van der Waals surface area contributed by atoms with Gasteiger partial charge in [0, 0.05) is 18.7 Å². The van der Waals surface area contributed by atoms with E-state index >= 15 is 0 Å². The Bertz CT molecular complexity index is 937. The molecule has 0 radical (unpaired) electrons. The van der Waals surface area contributed by atoms with Crippen molar-refractivity contribution in [3.05, 3.63) is 47.8 Å². The van der Waals surface area contributed by atoms with E-state index in [0.717, 1.165) is 12.0 Å². The van der Waals surface area contributed by atoms with Crippen molar-refractivity contribution in [2.75, 3.05) is 26.9 Å². The molecule has 2 aromatic carbocycles. The fourth-order valence-electron chi connectivity index (χ4n) is 2.89. The normalized spacial score (nSPS) is 12.4. The van der Waals surface area contributed by atoms with Gasteiger partial charge in [-0.25, -0.2) is 17.9 Å². The van der Waals surface area contributed by atoms with Crippen molar-refractivity contribution in [2.24, 2.45) is 5.14 Å². The van der Waals surface area contributed by atoms with E-state index in [0.29, 0.717) is 37.7 Å². The highest BCUT2D eigenvalue weighted by molar-refractivity contribution is 7.89. The van der Waals surface area contributed by atoms with Crippen LogP contribution in [0.5, 0.6) is 17.2 Å². The molecule has 0 aliphatic heterocycles. The molecule has 0 amide bonds. The minimum Gasteiger partial charge on any atom is -0.495 e. The molecule has 30 heavy (non-hydrogen) atoms. The molecular formula is C21H29FN2O5S. The van der Waals surface area contributed by atoms with Crippen LogP contribution in [-0.4, -0.2) is 41.3 Å². The monoisotopic (exact) mass is 440 g/mol. The van der Waals surface area contributed by atoms with E-state index in [4.69, 9.17) is 19.3 Å². The maximum atomic E-state index is 13.5. The fraction of sp³-hybridized carbons (Fsp3) is 0.429. The van der Waals surface area contributed by atoms with Gasteiger partial charge in [-0.3, -0.25) is 0 Å². The van der Waals surface area contributed by atoms with Crippen LogP contribution in [0.3, 0.4) is 0 Å². The van der Waals surface area contributed by atoms with Gasteiger partial charge in [0.25, 0.3) is 0 Å². The number of hydrogen-bond acceptors (Lipinski definition) is 6. The highest BCUT2D eigenvalue weighted by Crippen LogP contribution is 2.28. The number of hydrogen-bond donors (Lipinski definition) is 2.